The number of rotatable bonds is 4. The van der Waals surface area contributed by atoms with Gasteiger partial charge in [-0.05, 0) is 13.8 Å². The van der Waals surface area contributed by atoms with Crippen LogP contribution in [0.4, 0.5) is 0 Å². The van der Waals surface area contributed by atoms with Gasteiger partial charge in [-0.1, -0.05) is 0 Å². The van der Waals surface area contributed by atoms with Crippen molar-refractivity contribution >= 4 is 11.9 Å². The monoisotopic (exact) mass is 190 g/mol. The smallest absolute Gasteiger partial charge is 0.325 e. The van der Waals surface area contributed by atoms with Gasteiger partial charge in [-0.3, -0.25) is 9.59 Å². The molecule has 0 fully saturated rings. The molecule has 3 atom stereocenters. The van der Waals surface area contributed by atoms with Crippen LogP contribution in [0, 0.1) is 0 Å². The van der Waals surface area contributed by atoms with Crippen LogP contribution in [0.25, 0.3) is 0 Å². The van der Waals surface area contributed by atoms with Gasteiger partial charge in [0.2, 0.25) is 5.91 Å². The predicted octanol–water partition coefficient (Wildman–Crippen LogP) is -1.72. The molecule has 0 unspecified atom stereocenters. The first-order valence-corrected chi connectivity index (χ1v) is 3.83. The molecule has 0 spiro atoms. The van der Waals surface area contributed by atoms with Crippen molar-refractivity contribution in [3.8, 4) is 0 Å². The third-order valence-corrected chi connectivity index (χ3v) is 1.55. The zero-order valence-corrected chi connectivity index (χ0v) is 7.52. The number of hydrogen-bond donors (Lipinski definition) is 4. The standard InChI is InChI=1S/C7H14N2O4/c1-3(7(12)13)9-6(11)5(8)4(2)10/h3-5,10H,8H2,1-2H3,(H,9,11)(H,12,13)/t3-,4+,5+/m0/s1. The van der Waals surface area contributed by atoms with Crippen LogP contribution < -0.4 is 11.1 Å². The van der Waals surface area contributed by atoms with E-state index in [0.717, 1.165) is 0 Å². The maximum absolute atomic E-state index is 11.0. The number of carboxylic acids is 1. The Morgan fingerprint density at radius 3 is 2.15 bits per heavy atom. The Labute approximate surface area is 75.7 Å². The van der Waals surface area contributed by atoms with Crippen molar-refractivity contribution in [2.24, 2.45) is 5.73 Å². The van der Waals surface area contributed by atoms with Gasteiger partial charge < -0.3 is 21.3 Å². The topological polar surface area (TPSA) is 113 Å². The highest BCUT2D eigenvalue weighted by Crippen LogP contribution is 1.90. The van der Waals surface area contributed by atoms with Gasteiger partial charge in [-0.2, -0.15) is 0 Å². The molecule has 0 aromatic rings. The van der Waals surface area contributed by atoms with Crippen LogP contribution in [0.15, 0.2) is 0 Å². The van der Waals surface area contributed by atoms with Crippen LogP contribution in [0.5, 0.6) is 0 Å². The molecular formula is C7H14N2O4. The van der Waals surface area contributed by atoms with E-state index in [2.05, 4.69) is 5.32 Å². The van der Waals surface area contributed by atoms with Gasteiger partial charge in [0.1, 0.15) is 12.1 Å². The van der Waals surface area contributed by atoms with Crippen LogP contribution in [0.2, 0.25) is 0 Å². The molecule has 13 heavy (non-hydrogen) atoms. The summed E-state index contributed by atoms with van der Waals surface area (Å²) in [6.07, 6.45) is -0.999. The van der Waals surface area contributed by atoms with Gasteiger partial charge in [-0.25, -0.2) is 0 Å². The van der Waals surface area contributed by atoms with E-state index in [4.69, 9.17) is 15.9 Å². The minimum atomic E-state index is -1.15. The summed E-state index contributed by atoms with van der Waals surface area (Å²) in [5.41, 5.74) is 5.25. The largest absolute Gasteiger partial charge is 0.480 e. The fourth-order valence-electron chi connectivity index (χ4n) is 0.590. The number of carboxylic acid groups (broad SMARTS) is 1. The summed E-state index contributed by atoms with van der Waals surface area (Å²) in [7, 11) is 0. The lowest BCUT2D eigenvalue weighted by Gasteiger charge is -2.16. The number of carbonyl (C=O) groups excluding carboxylic acids is 1. The molecule has 0 bridgehead atoms. The molecule has 6 nitrogen and oxygen atoms in total. The normalized spacial score (nSPS) is 17.2. The second-order valence-corrected chi connectivity index (χ2v) is 2.83. The summed E-state index contributed by atoms with van der Waals surface area (Å²) in [6.45, 7) is 2.67. The number of hydrogen-bond acceptors (Lipinski definition) is 4. The highest BCUT2D eigenvalue weighted by Gasteiger charge is 2.22. The molecule has 0 radical (unpaired) electrons. The zero-order valence-electron chi connectivity index (χ0n) is 7.52. The lowest BCUT2D eigenvalue weighted by molar-refractivity contribution is -0.141. The summed E-state index contributed by atoms with van der Waals surface area (Å²) < 4.78 is 0. The molecule has 5 N–H and O–H groups in total. The Bertz CT molecular complexity index is 205. The average molecular weight is 190 g/mol. The van der Waals surface area contributed by atoms with E-state index in [1.54, 1.807) is 0 Å². The molecule has 6 heteroatoms. The van der Waals surface area contributed by atoms with Crippen molar-refractivity contribution in [1.82, 2.24) is 5.32 Å². The molecule has 0 heterocycles. The molecule has 0 saturated carbocycles. The summed E-state index contributed by atoms with van der Waals surface area (Å²) in [4.78, 5) is 21.3. The lowest BCUT2D eigenvalue weighted by Crippen LogP contribution is -2.51. The Hall–Kier alpha value is -1.14. The first kappa shape index (κ1) is 11.9. The van der Waals surface area contributed by atoms with Crippen LogP contribution in [-0.4, -0.2) is 40.3 Å². The number of nitrogens with two attached hydrogens (primary N) is 1. The van der Waals surface area contributed by atoms with Crippen molar-refractivity contribution in [1.29, 1.82) is 0 Å². The number of carbonyl (C=O) groups is 2. The second-order valence-electron chi connectivity index (χ2n) is 2.83. The second kappa shape index (κ2) is 4.78. The molecule has 0 aliphatic heterocycles. The first-order valence-electron chi connectivity index (χ1n) is 3.83. The van der Waals surface area contributed by atoms with Crippen molar-refractivity contribution in [3.63, 3.8) is 0 Å². The van der Waals surface area contributed by atoms with Crippen LogP contribution >= 0.6 is 0 Å². The first-order chi connectivity index (χ1) is 5.86. The van der Waals surface area contributed by atoms with Gasteiger partial charge in [0, 0.05) is 0 Å². The van der Waals surface area contributed by atoms with E-state index in [-0.39, 0.29) is 0 Å². The average Bonchev–Trinajstić information content (AvgIpc) is 2.02. The fraction of sp³-hybridized carbons (Fsp3) is 0.714. The van der Waals surface area contributed by atoms with E-state index < -0.39 is 30.1 Å². The van der Waals surface area contributed by atoms with E-state index in [9.17, 15) is 9.59 Å². The molecule has 76 valence electrons. The van der Waals surface area contributed by atoms with Gasteiger partial charge in [0.15, 0.2) is 0 Å². The highest BCUT2D eigenvalue weighted by atomic mass is 16.4. The minimum Gasteiger partial charge on any atom is -0.480 e. The van der Waals surface area contributed by atoms with Gasteiger partial charge in [0.25, 0.3) is 0 Å². The zero-order chi connectivity index (χ0) is 10.6. The maximum atomic E-state index is 11.0. The molecule has 0 aliphatic rings. The summed E-state index contributed by atoms with van der Waals surface area (Å²) in [5, 5.41) is 19.5. The molecular weight excluding hydrogens is 176 g/mol. The third kappa shape index (κ3) is 3.86. The third-order valence-electron chi connectivity index (χ3n) is 1.55. The van der Waals surface area contributed by atoms with Crippen LogP contribution in [0.3, 0.4) is 0 Å². The van der Waals surface area contributed by atoms with Crippen molar-refractivity contribution in [2.45, 2.75) is 32.0 Å². The molecule has 0 aliphatic carbocycles. The van der Waals surface area contributed by atoms with E-state index >= 15 is 0 Å². The van der Waals surface area contributed by atoms with Gasteiger partial charge >= 0.3 is 5.97 Å². The van der Waals surface area contributed by atoms with Crippen molar-refractivity contribution in [2.75, 3.05) is 0 Å². The summed E-state index contributed by atoms with van der Waals surface area (Å²) >= 11 is 0. The lowest BCUT2D eigenvalue weighted by atomic mass is 10.2. The molecule has 1 amide bonds. The maximum Gasteiger partial charge on any atom is 0.325 e. The Morgan fingerprint density at radius 1 is 1.38 bits per heavy atom. The van der Waals surface area contributed by atoms with Crippen molar-refractivity contribution < 1.29 is 19.8 Å². The Balaban J connectivity index is 4.08. The van der Waals surface area contributed by atoms with Crippen LogP contribution in [0.1, 0.15) is 13.8 Å². The van der Waals surface area contributed by atoms with Gasteiger partial charge in [0.05, 0.1) is 6.10 Å². The minimum absolute atomic E-state index is 0.676. The molecule has 0 rings (SSSR count). The van der Waals surface area contributed by atoms with Crippen molar-refractivity contribution in [3.05, 3.63) is 0 Å². The molecule has 0 saturated heterocycles. The highest BCUT2D eigenvalue weighted by molar-refractivity contribution is 5.86. The quantitative estimate of drug-likeness (QED) is 0.421. The number of aliphatic hydroxyl groups is 1. The number of amides is 1. The van der Waals surface area contributed by atoms with E-state index in [1.807, 2.05) is 0 Å². The Morgan fingerprint density at radius 2 is 1.85 bits per heavy atom. The fourth-order valence-corrected chi connectivity index (χ4v) is 0.590. The van der Waals surface area contributed by atoms with E-state index in [0.29, 0.717) is 0 Å². The van der Waals surface area contributed by atoms with Gasteiger partial charge in [-0.15, -0.1) is 0 Å². The number of aliphatic hydroxyl groups excluding tert-OH is 1. The SMILES string of the molecule is C[C@H](NC(=O)[C@H](N)[C@@H](C)O)C(=O)O. The summed E-state index contributed by atoms with van der Waals surface area (Å²) in [6, 6.07) is -2.10. The van der Waals surface area contributed by atoms with E-state index in [1.165, 1.54) is 13.8 Å². The number of nitrogens with one attached hydrogen (secondary N) is 1. The predicted molar refractivity (Wildman–Crippen MR) is 44.9 cm³/mol. The number of aliphatic carboxylic acids is 1. The summed E-state index contributed by atoms with van der Waals surface area (Å²) in [5.74, 6) is -1.82. The van der Waals surface area contributed by atoms with Crippen LogP contribution in [-0.2, 0) is 9.59 Å². The Kier molecular flexibility index (Phi) is 4.36. The molecule has 0 aromatic carbocycles. The molecule has 0 aromatic heterocycles.